The number of imide groups is 2. The summed E-state index contributed by atoms with van der Waals surface area (Å²) in [5, 5.41) is 9.40. The summed E-state index contributed by atoms with van der Waals surface area (Å²) in [5.74, 6) is -3.00. The van der Waals surface area contributed by atoms with E-state index in [1.165, 1.54) is 0 Å². The highest BCUT2D eigenvalue weighted by Gasteiger charge is 2.49. The lowest BCUT2D eigenvalue weighted by atomic mass is 9.76. The molecule has 0 radical (unpaired) electrons. The number of likely N-dealkylation sites (tertiary alicyclic amines) is 2. The van der Waals surface area contributed by atoms with E-state index in [2.05, 4.69) is 40.3 Å². The molecule has 1 atom stereocenters. The molecule has 15 nitrogen and oxygen atoms in total. The number of anilines is 2. The third-order valence-electron chi connectivity index (χ3n) is 12.8. The zero-order valence-electron chi connectivity index (χ0n) is 30.8. The first kappa shape index (κ1) is 36.9. The molecule has 1 aromatic carbocycles. The number of benzene rings is 1. The zero-order valence-corrected chi connectivity index (χ0v) is 30.8. The summed E-state index contributed by atoms with van der Waals surface area (Å²) < 4.78 is 42.2. The van der Waals surface area contributed by atoms with Gasteiger partial charge in [0.1, 0.15) is 17.8 Å². The summed E-state index contributed by atoms with van der Waals surface area (Å²) in [7, 11) is 0. The van der Waals surface area contributed by atoms with Crippen molar-refractivity contribution in [1.29, 1.82) is 0 Å². The molecule has 9 rings (SSSR count). The highest BCUT2D eigenvalue weighted by atomic mass is 19.4. The van der Waals surface area contributed by atoms with Crippen LogP contribution in [0.4, 0.5) is 30.4 Å². The quantitative estimate of drug-likeness (QED) is 0.256. The first-order valence-corrected chi connectivity index (χ1v) is 19.2. The second-order valence-electron chi connectivity index (χ2n) is 15.9. The van der Waals surface area contributed by atoms with E-state index in [1.807, 2.05) is 12.3 Å². The van der Waals surface area contributed by atoms with E-state index in [0.29, 0.717) is 24.9 Å². The molecule has 3 aromatic rings. The standard InChI is InChI=1S/C39H39F3N10O5/c1-43-33-30(39(40,41)42)13-24(16-44-33)46-37(57)38(9-2-10-38)51-17-23(15-45-51)22-7-11-48(12-8-22)26-18-50(19-26)27-20-49(21-27)25-3-4-28-29(14-25)36(56)52(35(28)55)31-5-6-32(53)47-34(31)54/h3-4,13-17,22,26-27,31H,2,5-12,18-21H2,(H,46,57)(H,47,53,54). The molecule has 7 heterocycles. The molecule has 1 saturated carbocycles. The first-order valence-electron chi connectivity index (χ1n) is 19.2. The fourth-order valence-electron chi connectivity index (χ4n) is 9.09. The highest BCUT2D eigenvalue weighted by Crippen LogP contribution is 2.42. The number of aromatic nitrogens is 3. The van der Waals surface area contributed by atoms with Crippen LogP contribution in [0.5, 0.6) is 0 Å². The van der Waals surface area contributed by atoms with Crippen LogP contribution >= 0.6 is 0 Å². The Bertz CT molecular complexity index is 2230. The van der Waals surface area contributed by atoms with Crippen LogP contribution in [0.3, 0.4) is 0 Å². The molecule has 18 heteroatoms. The number of fused-ring (bicyclic) bond motifs is 1. The Balaban J connectivity index is 0.750. The van der Waals surface area contributed by atoms with E-state index >= 15 is 0 Å². The Morgan fingerprint density at radius 1 is 0.930 bits per heavy atom. The van der Waals surface area contributed by atoms with Crippen molar-refractivity contribution in [3.05, 3.63) is 76.5 Å². The monoisotopic (exact) mass is 784 g/mol. The van der Waals surface area contributed by atoms with Gasteiger partial charge in [-0.25, -0.2) is 0 Å². The fourth-order valence-corrected chi connectivity index (χ4v) is 9.09. The lowest BCUT2D eigenvalue weighted by Gasteiger charge is -2.55. The number of hydrogen-bond donors (Lipinski definition) is 2. The Morgan fingerprint density at radius 3 is 2.32 bits per heavy atom. The van der Waals surface area contributed by atoms with Crippen molar-refractivity contribution < 1.29 is 37.1 Å². The van der Waals surface area contributed by atoms with E-state index in [-0.39, 0.29) is 35.6 Å². The van der Waals surface area contributed by atoms with Gasteiger partial charge in [0.2, 0.25) is 11.8 Å². The SMILES string of the molecule is [C-]#[N+]c1ncc(NC(=O)C2(n3cc(C4CCN(C5CN(C6CN(c7ccc8c(c7)C(=O)N(C7CCC(=O)NC7=O)C8=O)C6)C5)CC4)cn3)CCC2)cc1C(F)(F)F. The lowest BCUT2D eigenvalue weighted by Crippen LogP contribution is -2.70. The van der Waals surface area contributed by atoms with Gasteiger partial charge in [0.25, 0.3) is 23.5 Å². The van der Waals surface area contributed by atoms with Crippen LogP contribution in [0.1, 0.15) is 82.7 Å². The first-order chi connectivity index (χ1) is 27.3. The number of rotatable bonds is 8. The van der Waals surface area contributed by atoms with E-state index in [0.717, 1.165) is 86.9 Å². The van der Waals surface area contributed by atoms with Crippen molar-refractivity contribution in [2.24, 2.45) is 0 Å². The number of halogens is 3. The molecule has 5 fully saturated rings. The maximum atomic E-state index is 13.5. The van der Waals surface area contributed by atoms with Gasteiger partial charge in [0.05, 0.1) is 28.6 Å². The van der Waals surface area contributed by atoms with Crippen LogP contribution in [0.15, 0.2) is 42.9 Å². The molecule has 5 aliphatic heterocycles. The molecule has 5 amide bonds. The molecule has 1 unspecified atom stereocenters. The minimum absolute atomic E-state index is 0.0735. The highest BCUT2D eigenvalue weighted by molar-refractivity contribution is 6.23. The topological polar surface area (TPSA) is 157 Å². The minimum Gasteiger partial charge on any atom is -0.368 e. The number of carbonyl (C=O) groups is 5. The Labute approximate surface area is 325 Å². The van der Waals surface area contributed by atoms with Crippen LogP contribution < -0.4 is 15.5 Å². The van der Waals surface area contributed by atoms with Gasteiger partial charge < -0.3 is 15.1 Å². The average molecular weight is 785 g/mol. The maximum Gasteiger partial charge on any atom is 0.409 e. The molecule has 57 heavy (non-hydrogen) atoms. The van der Waals surface area contributed by atoms with Gasteiger partial charge in [-0.05, 0) is 87.4 Å². The number of nitrogens with zero attached hydrogens (tertiary/aromatic N) is 8. The Kier molecular flexibility index (Phi) is 8.92. The molecular weight excluding hydrogens is 745 g/mol. The van der Waals surface area contributed by atoms with Crippen LogP contribution in [-0.4, -0.2) is 116 Å². The van der Waals surface area contributed by atoms with Gasteiger partial charge in [0, 0.05) is 56.6 Å². The summed E-state index contributed by atoms with van der Waals surface area (Å²) in [6, 6.07) is 5.83. The minimum atomic E-state index is -4.78. The van der Waals surface area contributed by atoms with E-state index in [4.69, 9.17) is 6.57 Å². The second-order valence-corrected chi connectivity index (χ2v) is 15.9. The molecular formula is C39H39F3N10O5. The summed E-state index contributed by atoms with van der Waals surface area (Å²) in [6.07, 6.45) is 3.89. The number of nitrogens with one attached hydrogen (secondary N) is 2. The summed E-state index contributed by atoms with van der Waals surface area (Å²) in [6.45, 7) is 12.4. The Morgan fingerprint density at radius 2 is 1.65 bits per heavy atom. The molecule has 2 aromatic heterocycles. The predicted octanol–water partition coefficient (Wildman–Crippen LogP) is 3.52. The van der Waals surface area contributed by atoms with Crippen LogP contribution in [0, 0.1) is 6.57 Å². The number of amides is 5. The number of alkyl halides is 3. The summed E-state index contributed by atoms with van der Waals surface area (Å²) in [5.41, 5.74) is 0.137. The number of piperidine rings is 2. The van der Waals surface area contributed by atoms with Crippen molar-refractivity contribution >= 4 is 46.7 Å². The van der Waals surface area contributed by atoms with Gasteiger partial charge in [0.15, 0.2) is 0 Å². The third-order valence-corrected chi connectivity index (χ3v) is 12.8. The van der Waals surface area contributed by atoms with Crippen LogP contribution in [0.25, 0.3) is 4.85 Å². The zero-order chi connectivity index (χ0) is 39.8. The summed E-state index contributed by atoms with van der Waals surface area (Å²) >= 11 is 0. The lowest BCUT2D eigenvalue weighted by molar-refractivity contribution is -0.137. The van der Waals surface area contributed by atoms with Gasteiger partial charge in [-0.2, -0.15) is 18.3 Å². The van der Waals surface area contributed by atoms with Crippen LogP contribution in [-0.2, 0) is 26.1 Å². The normalized spacial score (nSPS) is 23.4. The fraction of sp³-hybridized carbons (Fsp3) is 0.487. The molecule has 0 bridgehead atoms. The molecule has 4 saturated heterocycles. The smallest absolute Gasteiger partial charge is 0.368 e. The van der Waals surface area contributed by atoms with Crippen molar-refractivity contribution in [1.82, 2.24) is 34.8 Å². The average Bonchev–Trinajstić information content (AvgIpc) is 3.71. The van der Waals surface area contributed by atoms with Gasteiger partial charge in [-0.3, -0.25) is 48.7 Å². The third kappa shape index (κ3) is 6.33. The van der Waals surface area contributed by atoms with Crippen molar-refractivity contribution in [3.8, 4) is 0 Å². The van der Waals surface area contributed by atoms with Crippen molar-refractivity contribution in [2.45, 2.75) is 80.7 Å². The van der Waals surface area contributed by atoms with E-state index in [1.54, 1.807) is 23.0 Å². The second kappa shape index (κ2) is 13.8. The molecule has 296 valence electrons. The van der Waals surface area contributed by atoms with Gasteiger partial charge >= 0.3 is 6.18 Å². The number of carbonyl (C=O) groups excluding carboxylic acids is 5. The van der Waals surface area contributed by atoms with Gasteiger partial charge in [-0.15, -0.1) is 4.98 Å². The maximum absolute atomic E-state index is 13.5. The largest absolute Gasteiger partial charge is 0.409 e. The van der Waals surface area contributed by atoms with E-state index < -0.39 is 58.7 Å². The van der Waals surface area contributed by atoms with Crippen molar-refractivity contribution in [3.63, 3.8) is 0 Å². The molecule has 0 spiro atoms. The van der Waals surface area contributed by atoms with Crippen LogP contribution in [0.2, 0.25) is 0 Å². The number of hydrogen-bond acceptors (Lipinski definition) is 10. The van der Waals surface area contributed by atoms with E-state index in [9.17, 15) is 37.1 Å². The molecule has 1 aliphatic carbocycles. The van der Waals surface area contributed by atoms with Crippen molar-refractivity contribution in [2.75, 3.05) is 49.5 Å². The predicted molar refractivity (Wildman–Crippen MR) is 196 cm³/mol. The Hall–Kier alpha value is -5.67. The number of pyridine rings is 1. The molecule has 2 N–H and O–H groups in total. The summed E-state index contributed by atoms with van der Waals surface area (Å²) in [4.78, 5) is 78.5. The van der Waals surface area contributed by atoms with Gasteiger partial charge in [-0.1, -0.05) is 6.57 Å². The molecule has 6 aliphatic rings.